The SMILES string of the molecule is Cc1nc2cc(N(C)C(C)(C)C(=O)O)ccc2n1C. The number of anilines is 1. The van der Waals surface area contributed by atoms with Crippen molar-refractivity contribution in [2.45, 2.75) is 26.3 Å². The van der Waals surface area contributed by atoms with Crippen LogP contribution in [0.1, 0.15) is 19.7 Å². The summed E-state index contributed by atoms with van der Waals surface area (Å²) >= 11 is 0. The lowest BCUT2D eigenvalue weighted by Crippen LogP contribution is -2.48. The molecule has 1 heterocycles. The second kappa shape index (κ2) is 4.26. The van der Waals surface area contributed by atoms with Crippen LogP contribution in [0.5, 0.6) is 0 Å². The van der Waals surface area contributed by atoms with Crippen molar-refractivity contribution in [2.24, 2.45) is 7.05 Å². The van der Waals surface area contributed by atoms with Crippen molar-refractivity contribution < 1.29 is 9.90 Å². The molecule has 1 aromatic heterocycles. The van der Waals surface area contributed by atoms with Crippen molar-refractivity contribution in [1.29, 1.82) is 0 Å². The molecule has 0 unspecified atom stereocenters. The molecule has 0 aliphatic carbocycles. The maximum atomic E-state index is 11.3. The Morgan fingerprint density at radius 3 is 2.63 bits per heavy atom. The number of carboxylic acid groups (broad SMARTS) is 1. The van der Waals surface area contributed by atoms with Crippen LogP contribution in [0.2, 0.25) is 0 Å². The van der Waals surface area contributed by atoms with E-state index < -0.39 is 11.5 Å². The number of rotatable bonds is 3. The van der Waals surface area contributed by atoms with Crippen LogP contribution in [0.3, 0.4) is 0 Å². The summed E-state index contributed by atoms with van der Waals surface area (Å²) in [6.07, 6.45) is 0. The van der Waals surface area contributed by atoms with Gasteiger partial charge in [0.05, 0.1) is 11.0 Å². The Kier molecular flexibility index (Phi) is 3.00. The summed E-state index contributed by atoms with van der Waals surface area (Å²) in [5.41, 5.74) is 1.81. The van der Waals surface area contributed by atoms with E-state index in [1.165, 1.54) is 0 Å². The maximum absolute atomic E-state index is 11.3. The van der Waals surface area contributed by atoms with Gasteiger partial charge in [0.2, 0.25) is 0 Å². The lowest BCUT2D eigenvalue weighted by molar-refractivity contribution is -0.142. The number of aromatic nitrogens is 2. The number of carboxylic acids is 1. The zero-order chi connectivity index (χ0) is 14.4. The van der Waals surface area contributed by atoms with Gasteiger partial charge in [0, 0.05) is 19.8 Å². The highest BCUT2D eigenvalue weighted by atomic mass is 16.4. The third-order valence-electron chi connectivity index (χ3n) is 3.84. The summed E-state index contributed by atoms with van der Waals surface area (Å²) in [5, 5.41) is 9.27. The summed E-state index contributed by atoms with van der Waals surface area (Å²) in [5.74, 6) is 0.0830. The van der Waals surface area contributed by atoms with Crippen molar-refractivity contribution in [1.82, 2.24) is 9.55 Å². The zero-order valence-corrected chi connectivity index (χ0v) is 11.9. The molecule has 5 nitrogen and oxygen atoms in total. The van der Waals surface area contributed by atoms with E-state index in [0.29, 0.717) is 0 Å². The number of fused-ring (bicyclic) bond motifs is 1. The van der Waals surface area contributed by atoms with Crippen molar-refractivity contribution in [3.63, 3.8) is 0 Å². The van der Waals surface area contributed by atoms with E-state index in [2.05, 4.69) is 4.98 Å². The average molecular weight is 261 g/mol. The van der Waals surface area contributed by atoms with Crippen LogP contribution in [0.25, 0.3) is 11.0 Å². The molecule has 0 aliphatic rings. The number of aliphatic carboxylic acids is 1. The molecule has 0 spiro atoms. The molecule has 2 aromatic rings. The first-order valence-electron chi connectivity index (χ1n) is 6.15. The van der Waals surface area contributed by atoms with Crippen molar-refractivity contribution >= 4 is 22.7 Å². The molecule has 0 radical (unpaired) electrons. The van der Waals surface area contributed by atoms with Gasteiger partial charge in [-0.05, 0) is 39.0 Å². The first kappa shape index (κ1) is 13.4. The van der Waals surface area contributed by atoms with E-state index in [9.17, 15) is 9.90 Å². The minimum atomic E-state index is -0.961. The van der Waals surface area contributed by atoms with Crippen LogP contribution in [0.4, 0.5) is 5.69 Å². The van der Waals surface area contributed by atoms with Crippen molar-refractivity contribution in [3.8, 4) is 0 Å². The molecule has 1 aromatic carbocycles. The summed E-state index contributed by atoms with van der Waals surface area (Å²) in [6, 6.07) is 5.82. The quantitative estimate of drug-likeness (QED) is 0.920. The Balaban J connectivity index is 2.50. The smallest absolute Gasteiger partial charge is 0.328 e. The Bertz CT molecular complexity index is 643. The van der Waals surface area contributed by atoms with Crippen LogP contribution >= 0.6 is 0 Å². The first-order valence-corrected chi connectivity index (χ1v) is 6.15. The van der Waals surface area contributed by atoms with Crippen LogP contribution in [0.15, 0.2) is 18.2 Å². The van der Waals surface area contributed by atoms with E-state index in [0.717, 1.165) is 22.5 Å². The highest BCUT2D eigenvalue weighted by molar-refractivity contribution is 5.85. The van der Waals surface area contributed by atoms with Gasteiger partial charge in [-0.15, -0.1) is 0 Å². The normalized spacial score (nSPS) is 11.8. The fourth-order valence-electron chi connectivity index (χ4n) is 1.98. The van der Waals surface area contributed by atoms with E-state index >= 15 is 0 Å². The van der Waals surface area contributed by atoms with Gasteiger partial charge < -0.3 is 14.6 Å². The Morgan fingerprint density at radius 2 is 2.05 bits per heavy atom. The molecular formula is C14H19N3O2. The summed E-state index contributed by atoms with van der Waals surface area (Å²) < 4.78 is 2.02. The van der Waals surface area contributed by atoms with Gasteiger partial charge in [-0.25, -0.2) is 9.78 Å². The summed E-state index contributed by atoms with van der Waals surface area (Å²) in [7, 11) is 3.75. The van der Waals surface area contributed by atoms with E-state index in [4.69, 9.17) is 0 Å². The second-order valence-corrected chi connectivity index (χ2v) is 5.31. The predicted octanol–water partition coefficient (Wildman–Crippen LogP) is 2.18. The van der Waals surface area contributed by atoms with Gasteiger partial charge >= 0.3 is 5.97 Å². The fourth-order valence-corrected chi connectivity index (χ4v) is 1.98. The van der Waals surface area contributed by atoms with E-state index in [-0.39, 0.29) is 0 Å². The van der Waals surface area contributed by atoms with E-state index in [1.54, 1.807) is 25.8 Å². The number of nitrogens with zero attached hydrogens (tertiary/aromatic N) is 3. The third kappa shape index (κ3) is 2.05. The highest BCUT2D eigenvalue weighted by Crippen LogP contribution is 2.26. The number of aryl methyl sites for hydroxylation is 2. The molecule has 0 bridgehead atoms. The molecule has 0 amide bonds. The molecule has 0 atom stereocenters. The Morgan fingerprint density at radius 1 is 1.42 bits per heavy atom. The highest BCUT2D eigenvalue weighted by Gasteiger charge is 2.32. The van der Waals surface area contributed by atoms with E-state index in [1.807, 2.05) is 36.7 Å². The van der Waals surface area contributed by atoms with Crippen molar-refractivity contribution in [2.75, 3.05) is 11.9 Å². The molecule has 1 N–H and O–H groups in total. The van der Waals surface area contributed by atoms with Crippen molar-refractivity contribution in [3.05, 3.63) is 24.0 Å². The van der Waals surface area contributed by atoms with Crippen LogP contribution in [-0.4, -0.2) is 33.2 Å². The lowest BCUT2D eigenvalue weighted by atomic mass is 10.0. The molecule has 0 saturated carbocycles. The van der Waals surface area contributed by atoms with Crippen LogP contribution in [-0.2, 0) is 11.8 Å². The van der Waals surface area contributed by atoms with Crippen LogP contribution < -0.4 is 4.90 Å². The molecule has 102 valence electrons. The topological polar surface area (TPSA) is 58.4 Å². The predicted molar refractivity (Wildman–Crippen MR) is 75.6 cm³/mol. The summed E-state index contributed by atoms with van der Waals surface area (Å²) in [4.78, 5) is 17.5. The number of likely N-dealkylation sites (N-methyl/N-ethyl adjacent to an activating group) is 1. The Hall–Kier alpha value is -2.04. The number of hydrogen-bond acceptors (Lipinski definition) is 3. The maximum Gasteiger partial charge on any atom is 0.328 e. The average Bonchev–Trinajstić information content (AvgIpc) is 2.63. The molecule has 19 heavy (non-hydrogen) atoms. The monoisotopic (exact) mass is 261 g/mol. The van der Waals surface area contributed by atoms with Gasteiger partial charge in [0.25, 0.3) is 0 Å². The molecular weight excluding hydrogens is 242 g/mol. The molecule has 0 fully saturated rings. The van der Waals surface area contributed by atoms with Crippen LogP contribution in [0, 0.1) is 6.92 Å². The number of hydrogen-bond donors (Lipinski definition) is 1. The number of imidazole rings is 1. The van der Waals surface area contributed by atoms with Gasteiger partial charge in [-0.3, -0.25) is 0 Å². The Labute approximate surface area is 112 Å². The fraction of sp³-hybridized carbons (Fsp3) is 0.429. The van der Waals surface area contributed by atoms with Gasteiger partial charge in [0.1, 0.15) is 11.4 Å². The first-order chi connectivity index (χ1) is 8.75. The number of carbonyl (C=O) groups is 1. The molecule has 2 rings (SSSR count). The third-order valence-corrected chi connectivity index (χ3v) is 3.84. The summed E-state index contributed by atoms with van der Waals surface area (Å²) in [6.45, 7) is 5.32. The molecule has 0 saturated heterocycles. The minimum Gasteiger partial charge on any atom is -0.480 e. The standard InChI is InChI=1S/C14H19N3O2/c1-9-15-11-8-10(6-7-12(11)16(9)4)17(5)14(2,3)13(18)19/h6-8H,1-5H3,(H,18,19). The molecule has 5 heteroatoms. The lowest BCUT2D eigenvalue weighted by Gasteiger charge is -2.33. The number of benzene rings is 1. The van der Waals surface area contributed by atoms with Gasteiger partial charge in [-0.2, -0.15) is 0 Å². The second-order valence-electron chi connectivity index (χ2n) is 5.31. The van der Waals surface area contributed by atoms with Gasteiger partial charge in [-0.1, -0.05) is 0 Å². The zero-order valence-electron chi connectivity index (χ0n) is 11.9. The van der Waals surface area contributed by atoms with Gasteiger partial charge in [0.15, 0.2) is 0 Å². The minimum absolute atomic E-state index is 0.845. The largest absolute Gasteiger partial charge is 0.480 e. The molecule has 0 aliphatic heterocycles.